The smallest absolute Gasteiger partial charge is 0.220 e. The monoisotopic (exact) mass is 229 g/mol. The van der Waals surface area contributed by atoms with Gasteiger partial charge in [0.05, 0.1) is 6.10 Å². The lowest BCUT2D eigenvalue weighted by Crippen LogP contribution is -2.49. The van der Waals surface area contributed by atoms with Crippen LogP contribution in [-0.4, -0.2) is 26.9 Å². The third-order valence-corrected chi connectivity index (χ3v) is 8.02. The summed E-state index contributed by atoms with van der Waals surface area (Å²) in [4.78, 5) is 11.0. The van der Waals surface area contributed by atoms with E-state index in [0.29, 0.717) is 13.0 Å². The van der Waals surface area contributed by atoms with Crippen molar-refractivity contribution >= 4 is 14.2 Å². The van der Waals surface area contributed by atoms with Gasteiger partial charge >= 0.3 is 0 Å². The van der Waals surface area contributed by atoms with Crippen LogP contribution in [0.15, 0.2) is 0 Å². The van der Waals surface area contributed by atoms with Crippen LogP contribution in [0.4, 0.5) is 0 Å². The van der Waals surface area contributed by atoms with Gasteiger partial charge in [0, 0.05) is 13.0 Å². The van der Waals surface area contributed by atoms with Crippen LogP contribution in [0.1, 0.15) is 33.6 Å². The van der Waals surface area contributed by atoms with E-state index in [2.05, 4.69) is 39.2 Å². The summed E-state index contributed by atoms with van der Waals surface area (Å²) in [6.45, 7) is 11.9. The number of rotatable bonds is 2. The first-order valence-corrected chi connectivity index (χ1v) is 8.58. The van der Waals surface area contributed by atoms with Crippen LogP contribution in [0.25, 0.3) is 0 Å². The van der Waals surface area contributed by atoms with E-state index in [9.17, 15) is 4.79 Å². The molecule has 1 saturated heterocycles. The van der Waals surface area contributed by atoms with E-state index in [-0.39, 0.29) is 17.0 Å². The van der Waals surface area contributed by atoms with Gasteiger partial charge in [0.25, 0.3) is 0 Å². The molecule has 0 radical (unpaired) electrons. The molecule has 1 heterocycles. The lowest BCUT2D eigenvalue weighted by atomic mass is 10.1. The molecule has 1 aliphatic heterocycles. The summed E-state index contributed by atoms with van der Waals surface area (Å²) in [7, 11) is -1.67. The van der Waals surface area contributed by atoms with Gasteiger partial charge in [0.15, 0.2) is 8.32 Å². The van der Waals surface area contributed by atoms with Crippen molar-refractivity contribution in [3.63, 3.8) is 0 Å². The molecular formula is C11H23NO2Si. The van der Waals surface area contributed by atoms with E-state index in [4.69, 9.17) is 4.43 Å². The summed E-state index contributed by atoms with van der Waals surface area (Å²) in [6, 6.07) is 0. The molecule has 0 saturated carbocycles. The van der Waals surface area contributed by atoms with Gasteiger partial charge in [-0.05, 0) is 24.6 Å². The van der Waals surface area contributed by atoms with Gasteiger partial charge in [0.2, 0.25) is 5.91 Å². The Balaban J connectivity index is 2.51. The number of nitrogens with one attached hydrogen (secondary N) is 1. The zero-order valence-electron chi connectivity index (χ0n) is 10.5. The highest BCUT2D eigenvalue weighted by atomic mass is 28.4. The first kappa shape index (κ1) is 12.7. The Kier molecular flexibility index (Phi) is 3.61. The topological polar surface area (TPSA) is 38.3 Å². The maximum atomic E-state index is 11.0. The molecule has 1 rings (SSSR count). The molecule has 88 valence electrons. The predicted octanol–water partition coefficient (Wildman–Crippen LogP) is 2.29. The van der Waals surface area contributed by atoms with Gasteiger partial charge in [-0.1, -0.05) is 20.8 Å². The van der Waals surface area contributed by atoms with Crippen LogP contribution in [0.5, 0.6) is 0 Å². The Labute approximate surface area is 93.7 Å². The normalized spacial score (nSPS) is 23.8. The van der Waals surface area contributed by atoms with Crippen molar-refractivity contribution in [2.24, 2.45) is 0 Å². The van der Waals surface area contributed by atoms with Gasteiger partial charge in [-0.2, -0.15) is 0 Å². The Morgan fingerprint density at radius 2 is 2.00 bits per heavy atom. The van der Waals surface area contributed by atoms with Crippen molar-refractivity contribution in [2.45, 2.75) is 57.8 Å². The van der Waals surface area contributed by atoms with E-state index in [1.54, 1.807) is 0 Å². The summed E-state index contributed by atoms with van der Waals surface area (Å²) in [5.41, 5.74) is 0. The van der Waals surface area contributed by atoms with Crippen molar-refractivity contribution in [3.05, 3.63) is 0 Å². The van der Waals surface area contributed by atoms with Crippen LogP contribution in [0.2, 0.25) is 18.1 Å². The average molecular weight is 229 g/mol. The van der Waals surface area contributed by atoms with Crippen LogP contribution >= 0.6 is 0 Å². The average Bonchev–Trinajstić information content (AvgIpc) is 2.06. The summed E-state index contributed by atoms with van der Waals surface area (Å²) >= 11 is 0. The van der Waals surface area contributed by atoms with Crippen molar-refractivity contribution in [1.82, 2.24) is 5.32 Å². The molecule has 15 heavy (non-hydrogen) atoms. The molecule has 0 spiro atoms. The SMILES string of the molecule is CC(C)(C)[Si](C)(C)O[C@H]1CCC(=O)NC1. The number of carbonyl (C=O) groups is 1. The maximum Gasteiger partial charge on any atom is 0.220 e. The fraction of sp³-hybridized carbons (Fsp3) is 0.909. The molecule has 0 aromatic carbocycles. The molecule has 0 aromatic heterocycles. The highest BCUT2D eigenvalue weighted by molar-refractivity contribution is 6.74. The minimum absolute atomic E-state index is 0.157. The van der Waals surface area contributed by atoms with Crippen molar-refractivity contribution in [1.29, 1.82) is 0 Å². The Bertz CT molecular complexity index is 235. The second-order valence-electron chi connectivity index (χ2n) is 5.84. The summed E-state index contributed by atoms with van der Waals surface area (Å²) in [5.74, 6) is 0.157. The van der Waals surface area contributed by atoms with E-state index >= 15 is 0 Å². The molecule has 0 bridgehead atoms. The van der Waals surface area contributed by atoms with E-state index in [1.807, 2.05) is 0 Å². The fourth-order valence-corrected chi connectivity index (χ4v) is 2.79. The number of carbonyl (C=O) groups excluding carboxylic acids is 1. The molecule has 1 aliphatic rings. The summed E-state index contributed by atoms with van der Waals surface area (Å²) < 4.78 is 6.22. The van der Waals surface area contributed by atoms with Crippen molar-refractivity contribution < 1.29 is 9.22 Å². The third-order valence-electron chi connectivity index (χ3n) is 3.49. The molecule has 1 amide bonds. The molecule has 0 aromatic rings. The third kappa shape index (κ3) is 3.31. The van der Waals surface area contributed by atoms with Crippen LogP contribution < -0.4 is 5.32 Å². The molecule has 1 atom stereocenters. The standard InChI is InChI=1S/C11H23NO2Si/c1-11(2,3)15(4,5)14-9-6-7-10(13)12-8-9/h9H,6-8H2,1-5H3,(H,12,13)/t9-/m0/s1. The van der Waals surface area contributed by atoms with Crippen molar-refractivity contribution in [2.75, 3.05) is 6.54 Å². The highest BCUT2D eigenvalue weighted by Crippen LogP contribution is 2.37. The zero-order chi connectivity index (χ0) is 11.7. The number of hydrogen-bond donors (Lipinski definition) is 1. The van der Waals surface area contributed by atoms with Gasteiger partial charge < -0.3 is 9.74 Å². The summed E-state index contributed by atoms with van der Waals surface area (Å²) in [6.07, 6.45) is 1.71. The molecule has 0 unspecified atom stereocenters. The predicted molar refractivity (Wildman–Crippen MR) is 64.3 cm³/mol. The first-order chi connectivity index (χ1) is 6.72. The van der Waals surface area contributed by atoms with E-state index in [1.165, 1.54) is 0 Å². The van der Waals surface area contributed by atoms with Crippen molar-refractivity contribution in [3.8, 4) is 0 Å². The lowest BCUT2D eigenvalue weighted by molar-refractivity contribution is -0.123. The largest absolute Gasteiger partial charge is 0.412 e. The second-order valence-corrected chi connectivity index (χ2v) is 10.6. The lowest BCUT2D eigenvalue weighted by Gasteiger charge is -2.40. The Morgan fingerprint density at radius 1 is 1.40 bits per heavy atom. The summed E-state index contributed by atoms with van der Waals surface area (Å²) in [5, 5.41) is 3.11. The molecule has 1 N–H and O–H groups in total. The number of amides is 1. The van der Waals surface area contributed by atoms with E-state index in [0.717, 1.165) is 6.42 Å². The van der Waals surface area contributed by atoms with Gasteiger partial charge in [-0.25, -0.2) is 0 Å². The highest BCUT2D eigenvalue weighted by Gasteiger charge is 2.39. The van der Waals surface area contributed by atoms with Crippen LogP contribution in [-0.2, 0) is 9.22 Å². The zero-order valence-corrected chi connectivity index (χ0v) is 11.5. The molecule has 3 nitrogen and oxygen atoms in total. The van der Waals surface area contributed by atoms with Gasteiger partial charge in [-0.3, -0.25) is 4.79 Å². The molecule has 0 aliphatic carbocycles. The minimum Gasteiger partial charge on any atom is -0.412 e. The number of hydrogen-bond acceptors (Lipinski definition) is 2. The van der Waals surface area contributed by atoms with Crippen LogP contribution in [0.3, 0.4) is 0 Å². The second kappa shape index (κ2) is 4.26. The minimum atomic E-state index is -1.67. The maximum absolute atomic E-state index is 11.0. The number of piperidine rings is 1. The Morgan fingerprint density at radius 3 is 2.40 bits per heavy atom. The molecule has 1 fully saturated rings. The Hall–Kier alpha value is -0.353. The molecule has 4 heteroatoms. The fourth-order valence-electron chi connectivity index (χ4n) is 1.40. The first-order valence-electron chi connectivity index (χ1n) is 5.67. The van der Waals surface area contributed by atoms with Crippen LogP contribution in [0, 0.1) is 0 Å². The van der Waals surface area contributed by atoms with E-state index < -0.39 is 8.32 Å². The quantitative estimate of drug-likeness (QED) is 0.738. The molecular weight excluding hydrogens is 206 g/mol. The van der Waals surface area contributed by atoms with Gasteiger partial charge in [0.1, 0.15) is 0 Å². The van der Waals surface area contributed by atoms with Gasteiger partial charge in [-0.15, -0.1) is 0 Å².